The maximum Gasteiger partial charge on any atom is 0.224 e. The number of nitrogens with one attached hydrogen (secondary N) is 1. The van der Waals surface area contributed by atoms with Gasteiger partial charge >= 0.3 is 0 Å². The van der Waals surface area contributed by atoms with E-state index in [1.54, 1.807) is 18.2 Å². The molecule has 112 valence electrons. The number of ether oxygens (including phenoxy) is 1. The molecule has 0 unspecified atom stereocenters. The van der Waals surface area contributed by atoms with Crippen LogP contribution in [-0.2, 0) is 6.42 Å². The highest BCUT2D eigenvalue weighted by Gasteiger charge is 2.09. The van der Waals surface area contributed by atoms with Gasteiger partial charge in [-0.15, -0.1) is 0 Å². The molecule has 21 heavy (non-hydrogen) atoms. The topological polar surface area (TPSA) is 47.0 Å². The second-order valence-corrected chi connectivity index (χ2v) is 4.82. The van der Waals surface area contributed by atoms with Crippen LogP contribution in [0, 0.1) is 12.7 Å². The van der Waals surface area contributed by atoms with Gasteiger partial charge in [0.2, 0.25) is 5.88 Å². The summed E-state index contributed by atoms with van der Waals surface area (Å²) in [5.74, 6) is 1.49. The van der Waals surface area contributed by atoms with Crippen LogP contribution < -0.4 is 10.1 Å². The van der Waals surface area contributed by atoms with E-state index >= 15 is 0 Å². The van der Waals surface area contributed by atoms with Crippen LogP contribution in [0.2, 0.25) is 0 Å². The zero-order valence-electron chi connectivity index (χ0n) is 12.6. The lowest BCUT2D eigenvalue weighted by Crippen LogP contribution is -2.06. The molecule has 0 aliphatic heterocycles. The molecular weight excluding hydrogens is 269 g/mol. The Bertz CT molecular complexity index is 616. The summed E-state index contributed by atoms with van der Waals surface area (Å²) in [7, 11) is 0. The predicted molar refractivity (Wildman–Crippen MR) is 81.4 cm³/mol. The van der Waals surface area contributed by atoms with Gasteiger partial charge < -0.3 is 10.1 Å². The number of hydrogen-bond acceptors (Lipinski definition) is 4. The Balaban J connectivity index is 2.27. The number of benzene rings is 1. The highest BCUT2D eigenvalue weighted by atomic mass is 19.1. The lowest BCUT2D eigenvalue weighted by molar-refractivity contribution is 0.424. The van der Waals surface area contributed by atoms with E-state index in [4.69, 9.17) is 4.74 Å². The van der Waals surface area contributed by atoms with Gasteiger partial charge in [0.05, 0.1) is 0 Å². The second-order valence-electron chi connectivity index (χ2n) is 4.82. The van der Waals surface area contributed by atoms with Gasteiger partial charge in [0.15, 0.2) is 11.6 Å². The molecule has 0 radical (unpaired) electrons. The summed E-state index contributed by atoms with van der Waals surface area (Å²) in [6.45, 7) is 6.75. The van der Waals surface area contributed by atoms with Crippen molar-refractivity contribution < 1.29 is 9.13 Å². The van der Waals surface area contributed by atoms with Crippen LogP contribution in [0.3, 0.4) is 0 Å². The normalized spacial score (nSPS) is 10.5. The Morgan fingerprint density at radius 3 is 2.71 bits per heavy atom. The summed E-state index contributed by atoms with van der Waals surface area (Å²) in [5, 5.41) is 3.20. The Morgan fingerprint density at radius 1 is 1.19 bits per heavy atom. The summed E-state index contributed by atoms with van der Waals surface area (Å²) in [4.78, 5) is 8.66. The first-order valence-corrected chi connectivity index (χ1v) is 7.18. The van der Waals surface area contributed by atoms with Crippen molar-refractivity contribution in [3.8, 4) is 11.6 Å². The summed E-state index contributed by atoms with van der Waals surface area (Å²) in [5.41, 5.74) is 0.931. The minimum atomic E-state index is -0.402. The SMILES string of the molecule is CCCNc1cc(Oc2cc(C)ccc2F)nc(CC)n1. The number of hydrogen-bond donors (Lipinski definition) is 1. The van der Waals surface area contributed by atoms with Crippen molar-refractivity contribution >= 4 is 5.82 Å². The Labute approximate surface area is 124 Å². The molecule has 0 saturated heterocycles. The van der Waals surface area contributed by atoms with Crippen molar-refractivity contribution in [3.05, 3.63) is 41.5 Å². The molecule has 2 aromatic rings. The van der Waals surface area contributed by atoms with Crippen LogP contribution >= 0.6 is 0 Å². The number of anilines is 1. The Morgan fingerprint density at radius 2 is 2.00 bits per heavy atom. The highest BCUT2D eigenvalue weighted by Crippen LogP contribution is 2.25. The fourth-order valence-electron chi connectivity index (χ4n) is 1.83. The Hall–Kier alpha value is -2.17. The molecule has 0 amide bonds. The highest BCUT2D eigenvalue weighted by molar-refractivity contribution is 5.40. The van der Waals surface area contributed by atoms with E-state index in [0.29, 0.717) is 23.9 Å². The number of aromatic nitrogens is 2. The smallest absolute Gasteiger partial charge is 0.224 e. The van der Waals surface area contributed by atoms with Gasteiger partial charge in [-0.2, -0.15) is 4.98 Å². The first kappa shape index (κ1) is 15.2. The predicted octanol–water partition coefficient (Wildman–Crippen LogP) is 4.10. The van der Waals surface area contributed by atoms with Crippen molar-refractivity contribution in [1.29, 1.82) is 0 Å². The standard InChI is InChI=1S/C16H20FN3O/c1-4-8-18-15-10-16(20-14(5-2)19-15)21-13-9-11(3)6-7-12(13)17/h6-7,9-10H,4-5,8H2,1-3H3,(H,18,19,20). The van der Waals surface area contributed by atoms with Crippen molar-refractivity contribution in [2.45, 2.75) is 33.6 Å². The molecule has 2 rings (SSSR count). The average Bonchev–Trinajstić information content (AvgIpc) is 2.48. The second kappa shape index (κ2) is 7.02. The molecule has 0 fully saturated rings. The van der Waals surface area contributed by atoms with Gasteiger partial charge in [0.1, 0.15) is 11.6 Å². The molecule has 1 aromatic carbocycles. The average molecular weight is 289 g/mol. The maximum absolute atomic E-state index is 13.8. The number of rotatable bonds is 6. The van der Waals surface area contributed by atoms with E-state index in [1.807, 2.05) is 13.8 Å². The van der Waals surface area contributed by atoms with Gasteiger partial charge in [-0.1, -0.05) is 19.9 Å². The zero-order chi connectivity index (χ0) is 15.2. The van der Waals surface area contributed by atoms with E-state index in [1.165, 1.54) is 6.07 Å². The molecule has 0 spiro atoms. The monoisotopic (exact) mass is 289 g/mol. The molecule has 0 aliphatic carbocycles. The lowest BCUT2D eigenvalue weighted by atomic mass is 10.2. The molecule has 0 atom stereocenters. The van der Waals surface area contributed by atoms with Crippen molar-refractivity contribution in [3.63, 3.8) is 0 Å². The van der Waals surface area contributed by atoms with Gasteiger partial charge in [-0.25, -0.2) is 9.37 Å². The Kier molecular flexibility index (Phi) is 5.09. The molecule has 0 aliphatic rings. The van der Waals surface area contributed by atoms with Crippen LogP contribution in [0.1, 0.15) is 31.7 Å². The molecular formula is C16H20FN3O. The molecule has 1 aromatic heterocycles. The zero-order valence-corrected chi connectivity index (χ0v) is 12.6. The number of aryl methyl sites for hydroxylation is 2. The fourth-order valence-corrected chi connectivity index (χ4v) is 1.83. The van der Waals surface area contributed by atoms with Gasteiger partial charge in [0, 0.05) is 19.0 Å². The van der Waals surface area contributed by atoms with E-state index in [2.05, 4.69) is 22.2 Å². The molecule has 1 heterocycles. The lowest BCUT2D eigenvalue weighted by Gasteiger charge is -2.10. The van der Waals surface area contributed by atoms with Crippen molar-refractivity contribution in [1.82, 2.24) is 9.97 Å². The van der Waals surface area contributed by atoms with Gasteiger partial charge in [-0.3, -0.25) is 0 Å². The van der Waals surface area contributed by atoms with E-state index in [-0.39, 0.29) is 5.75 Å². The van der Waals surface area contributed by atoms with Gasteiger partial charge in [-0.05, 0) is 31.0 Å². The molecule has 5 heteroatoms. The minimum absolute atomic E-state index is 0.178. The van der Waals surface area contributed by atoms with Crippen LogP contribution in [0.4, 0.5) is 10.2 Å². The summed E-state index contributed by atoms with van der Waals surface area (Å²) < 4.78 is 19.3. The van der Waals surface area contributed by atoms with E-state index < -0.39 is 5.82 Å². The van der Waals surface area contributed by atoms with Gasteiger partial charge in [0.25, 0.3) is 0 Å². The largest absolute Gasteiger partial charge is 0.436 e. The first-order valence-electron chi connectivity index (χ1n) is 7.18. The molecule has 4 nitrogen and oxygen atoms in total. The summed E-state index contributed by atoms with van der Waals surface area (Å²) >= 11 is 0. The number of nitrogens with zero attached hydrogens (tertiary/aromatic N) is 2. The first-order chi connectivity index (χ1) is 10.1. The third-order valence-corrected chi connectivity index (χ3v) is 2.92. The third kappa shape index (κ3) is 4.15. The summed E-state index contributed by atoms with van der Waals surface area (Å²) in [6.07, 6.45) is 1.68. The van der Waals surface area contributed by atoms with Crippen molar-refractivity contribution in [2.24, 2.45) is 0 Å². The number of halogens is 1. The minimum Gasteiger partial charge on any atom is -0.436 e. The van der Waals surface area contributed by atoms with Crippen molar-refractivity contribution in [2.75, 3.05) is 11.9 Å². The van der Waals surface area contributed by atoms with Crippen LogP contribution in [-0.4, -0.2) is 16.5 Å². The molecule has 1 N–H and O–H groups in total. The molecule has 0 saturated carbocycles. The van der Waals surface area contributed by atoms with Crippen LogP contribution in [0.5, 0.6) is 11.6 Å². The van der Waals surface area contributed by atoms with Crippen LogP contribution in [0.15, 0.2) is 24.3 Å². The fraction of sp³-hybridized carbons (Fsp3) is 0.375. The maximum atomic E-state index is 13.8. The van der Waals surface area contributed by atoms with Crippen LogP contribution in [0.25, 0.3) is 0 Å². The van der Waals surface area contributed by atoms with E-state index in [0.717, 1.165) is 18.5 Å². The summed E-state index contributed by atoms with van der Waals surface area (Å²) in [6, 6.07) is 6.44. The third-order valence-electron chi connectivity index (χ3n) is 2.92. The van der Waals surface area contributed by atoms with E-state index in [9.17, 15) is 4.39 Å². The molecule has 0 bridgehead atoms. The quantitative estimate of drug-likeness (QED) is 0.869.